The molecule has 0 unspecified atom stereocenters. The van der Waals surface area contributed by atoms with Crippen molar-refractivity contribution in [2.24, 2.45) is 0 Å². The number of aryl methyl sites for hydroxylation is 1. The van der Waals surface area contributed by atoms with Crippen molar-refractivity contribution >= 4 is 22.9 Å². The van der Waals surface area contributed by atoms with Gasteiger partial charge >= 0.3 is 0 Å². The molecule has 1 aliphatic heterocycles. The van der Waals surface area contributed by atoms with E-state index < -0.39 is 0 Å². The van der Waals surface area contributed by atoms with Crippen molar-refractivity contribution in [3.8, 4) is 16.5 Å². The number of rotatable bonds is 5. The number of nitrogens with zero attached hydrogens (tertiary/aromatic N) is 2. The fourth-order valence-electron chi connectivity index (χ4n) is 3.03. The molecule has 0 fully saturated rings. The van der Waals surface area contributed by atoms with Crippen molar-refractivity contribution in [2.75, 3.05) is 19.2 Å². The van der Waals surface area contributed by atoms with Gasteiger partial charge in [-0.15, -0.1) is 11.3 Å². The van der Waals surface area contributed by atoms with E-state index in [4.69, 9.17) is 14.2 Å². The van der Waals surface area contributed by atoms with E-state index in [-0.39, 0.29) is 12.7 Å². The van der Waals surface area contributed by atoms with Crippen LogP contribution in [0.4, 0.5) is 5.69 Å². The molecule has 1 aromatic carbocycles. The van der Waals surface area contributed by atoms with E-state index in [0.717, 1.165) is 27.6 Å². The zero-order valence-corrected chi connectivity index (χ0v) is 16.3. The number of carbonyl (C=O) groups excluding carboxylic acids is 1. The van der Waals surface area contributed by atoms with Gasteiger partial charge in [-0.1, -0.05) is 6.07 Å². The molecule has 144 valence electrons. The van der Waals surface area contributed by atoms with E-state index >= 15 is 0 Å². The average Bonchev–Trinajstić information content (AvgIpc) is 3.11. The third kappa shape index (κ3) is 3.75. The SMILES string of the molecule is COCc1cc(NC(=O)c2sc(-c3ccccn3)nc2C)cc2c1OCOC2. The second kappa shape index (κ2) is 8.05. The summed E-state index contributed by atoms with van der Waals surface area (Å²) in [6, 6.07) is 9.34. The Hall–Kier alpha value is -2.81. The van der Waals surface area contributed by atoms with E-state index in [9.17, 15) is 4.79 Å². The number of pyridine rings is 1. The maximum Gasteiger partial charge on any atom is 0.267 e. The second-order valence-electron chi connectivity index (χ2n) is 6.27. The van der Waals surface area contributed by atoms with Gasteiger partial charge in [-0.25, -0.2) is 4.98 Å². The molecule has 0 atom stereocenters. The van der Waals surface area contributed by atoms with Crippen molar-refractivity contribution in [3.05, 3.63) is 58.2 Å². The minimum Gasteiger partial charge on any atom is -0.467 e. The molecule has 28 heavy (non-hydrogen) atoms. The Labute approximate surface area is 166 Å². The highest BCUT2D eigenvalue weighted by Gasteiger charge is 2.20. The van der Waals surface area contributed by atoms with E-state index in [0.29, 0.717) is 29.5 Å². The molecule has 0 aliphatic carbocycles. The molecule has 1 aliphatic rings. The Kier molecular flexibility index (Phi) is 5.34. The normalized spacial score (nSPS) is 12.9. The molecule has 2 aromatic heterocycles. The number of carbonyl (C=O) groups is 1. The monoisotopic (exact) mass is 397 g/mol. The number of ether oxygens (including phenoxy) is 3. The van der Waals surface area contributed by atoms with Gasteiger partial charge in [-0.3, -0.25) is 9.78 Å². The summed E-state index contributed by atoms with van der Waals surface area (Å²) in [5.41, 5.74) is 3.84. The summed E-state index contributed by atoms with van der Waals surface area (Å²) >= 11 is 1.32. The molecule has 8 heteroatoms. The van der Waals surface area contributed by atoms with Crippen LogP contribution in [0.2, 0.25) is 0 Å². The van der Waals surface area contributed by atoms with E-state index in [1.54, 1.807) is 13.3 Å². The largest absolute Gasteiger partial charge is 0.467 e. The van der Waals surface area contributed by atoms with Gasteiger partial charge in [-0.05, 0) is 31.2 Å². The molecule has 0 bridgehead atoms. The van der Waals surface area contributed by atoms with Crippen LogP contribution in [0, 0.1) is 6.92 Å². The number of fused-ring (bicyclic) bond motifs is 1. The van der Waals surface area contributed by atoms with Crippen molar-refractivity contribution in [1.29, 1.82) is 0 Å². The summed E-state index contributed by atoms with van der Waals surface area (Å²) in [7, 11) is 1.62. The fraction of sp³-hybridized carbons (Fsp3) is 0.250. The lowest BCUT2D eigenvalue weighted by Gasteiger charge is -2.21. The van der Waals surface area contributed by atoms with Crippen LogP contribution in [0.3, 0.4) is 0 Å². The molecule has 0 spiro atoms. The number of benzene rings is 1. The zero-order chi connectivity index (χ0) is 19.5. The molecule has 1 N–H and O–H groups in total. The molecule has 1 amide bonds. The molecule has 4 rings (SSSR count). The minimum atomic E-state index is -0.210. The van der Waals surface area contributed by atoms with Crippen LogP contribution in [0.25, 0.3) is 10.7 Å². The van der Waals surface area contributed by atoms with E-state index in [2.05, 4.69) is 15.3 Å². The standard InChI is InChI=1S/C20H19N3O4S/c1-12-18(28-20(22-12)16-5-3-4-6-21-16)19(24)23-15-7-13(9-25-2)17-14(8-15)10-26-11-27-17/h3-8H,9-11H2,1-2H3,(H,23,24). The number of aromatic nitrogens is 2. The smallest absolute Gasteiger partial charge is 0.267 e. The number of thiazole rings is 1. The number of hydrogen-bond acceptors (Lipinski definition) is 7. The molecule has 3 heterocycles. The summed E-state index contributed by atoms with van der Waals surface area (Å²) in [5.74, 6) is 0.552. The van der Waals surface area contributed by atoms with E-state index in [1.165, 1.54) is 11.3 Å². The average molecular weight is 397 g/mol. The Morgan fingerprint density at radius 3 is 3.04 bits per heavy atom. The molecule has 7 nitrogen and oxygen atoms in total. The summed E-state index contributed by atoms with van der Waals surface area (Å²) < 4.78 is 16.2. The van der Waals surface area contributed by atoms with Gasteiger partial charge < -0.3 is 19.5 Å². The lowest BCUT2D eigenvalue weighted by Crippen LogP contribution is -2.16. The van der Waals surface area contributed by atoms with Crippen molar-refractivity contribution < 1.29 is 19.0 Å². The second-order valence-corrected chi connectivity index (χ2v) is 7.27. The van der Waals surface area contributed by atoms with Gasteiger partial charge in [0.05, 0.1) is 24.6 Å². The zero-order valence-electron chi connectivity index (χ0n) is 15.5. The van der Waals surface area contributed by atoms with Crippen LogP contribution < -0.4 is 10.1 Å². The first-order valence-corrected chi connectivity index (χ1v) is 9.53. The molecular weight excluding hydrogens is 378 g/mol. The molecule has 0 radical (unpaired) electrons. The first kappa shape index (κ1) is 18.5. The fourth-order valence-corrected chi connectivity index (χ4v) is 3.97. The highest BCUT2D eigenvalue weighted by atomic mass is 32.1. The molecular formula is C20H19N3O4S. The third-order valence-corrected chi connectivity index (χ3v) is 5.41. The predicted molar refractivity (Wildman–Crippen MR) is 105 cm³/mol. The summed E-state index contributed by atoms with van der Waals surface area (Å²) in [4.78, 5) is 22.2. The maximum absolute atomic E-state index is 12.9. The molecule has 0 saturated carbocycles. The Morgan fingerprint density at radius 1 is 1.36 bits per heavy atom. The summed E-state index contributed by atoms with van der Waals surface area (Å²) in [6.45, 7) is 2.85. The minimum absolute atomic E-state index is 0.210. The highest BCUT2D eigenvalue weighted by molar-refractivity contribution is 7.17. The van der Waals surface area contributed by atoms with Crippen LogP contribution in [0.1, 0.15) is 26.5 Å². The number of hydrogen-bond donors (Lipinski definition) is 1. The van der Waals surface area contributed by atoms with Crippen molar-refractivity contribution in [3.63, 3.8) is 0 Å². The lowest BCUT2D eigenvalue weighted by atomic mass is 10.1. The maximum atomic E-state index is 12.9. The number of nitrogens with one attached hydrogen (secondary N) is 1. The predicted octanol–water partition coefficient (Wildman–Crippen LogP) is 3.78. The quantitative estimate of drug-likeness (QED) is 0.706. The van der Waals surface area contributed by atoms with E-state index in [1.807, 2.05) is 37.3 Å². The lowest BCUT2D eigenvalue weighted by molar-refractivity contribution is -0.0179. The summed E-state index contributed by atoms with van der Waals surface area (Å²) in [6.07, 6.45) is 1.71. The summed E-state index contributed by atoms with van der Waals surface area (Å²) in [5, 5.41) is 3.68. The van der Waals surface area contributed by atoms with Crippen LogP contribution >= 0.6 is 11.3 Å². The Morgan fingerprint density at radius 2 is 2.25 bits per heavy atom. The van der Waals surface area contributed by atoms with Gasteiger partial charge in [0.15, 0.2) is 6.79 Å². The van der Waals surface area contributed by atoms with Crippen molar-refractivity contribution in [1.82, 2.24) is 9.97 Å². The van der Waals surface area contributed by atoms with Gasteiger partial charge in [0.25, 0.3) is 5.91 Å². The van der Waals surface area contributed by atoms with Crippen LogP contribution in [0.5, 0.6) is 5.75 Å². The van der Waals surface area contributed by atoms with Gasteiger partial charge in [0, 0.05) is 30.1 Å². The molecule has 0 saturated heterocycles. The molecule has 3 aromatic rings. The van der Waals surface area contributed by atoms with Crippen molar-refractivity contribution in [2.45, 2.75) is 20.1 Å². The first-order valence-electron chi connectivity index (χ1n) is 8.71. The topological polar surface area (TPSA) is 82.6 Å². The van der Waals surface area contributed by atoms with Crippen LogP contribution in [-0.2, 0) is 22.7 Å². The van der Waals surface area contributed by atoms with Gasteiger partial charge in [0.2, 0.25) is 0 Å². The van der Waals surface area contributed by atoms with Crippen LogP contribution in [0.15, 0.2) is 36.5 Å². The highest BCUT2D eigenvalue weighted by Crippen LogP contribution is 2.33. The third-order valence-electron chi connectivity index (χ3n) is 4.23. The Bertz CT molecular complexity index is 1000. The number of amides is 1. The van der Waals surface area contributed by atoms with Crippen LogP contribution in [-0.4, -0.2) is 29.8 Å². The number of anilines is 1. The Balaban J connectivity index is 1.60. The van der Waals surface area contributed by atoms with Gasteiger partial charge in [0.1, 0.15) is 15.6 Å². The number of methoxy groups -OCH3 is 1. The first-order chi connectivity index (χ1) is 13.7. The van der Waals surface area contributed by atoms with Gasteiger partial charge in [-0.2, -0.15) is 0 Å².